The first-order valence-electron chi connectivity index (χ1n) is 4.90. The molecule has 1 rings (SSSR count). The van der Waals surface area contributed by atoms with Crippen molar-refractivity contribution in [1.29, 1.82) is 0 Å². The van der Waals surface area contributed by atoms with Gasteiger partial charge in [0.25, 0.3) is 0 Å². The van der Waals surface area contributed by atoms with E-state index in [1.165, 1.54) is 0 Å². The monoisotopic (exact) mass is 260 g/mol. The van der Waals surface area contributed by atoms with Crippen LogP contribution in [0, 0.1) is 11.8 Å². The molecule has 0 aromatic carbocycles. The number of hydrogen-bond acceptors (Lipinski definition) is 2. The van der Waals surface area contributed by atoms with Crippen LogP contribution in [0.1, 0.15) is 19.6 Å². The van der Waals surface area contributed by atoms with Crippen molar-refractivity contribution in [2.75, 3.05) is 11.9 Å². The molecule has 0 bridgehead atoms. The SMILES string of the molecule is CC(C)C(CBr)COCc1ccco1. The van der Waals surface area contributed by atoms with Crippen molar-refractivity contribution >= 4 is 15.9 Å². The normalized spacial score (nSPS) is 13.4. The third kappa shape index (κ3) is 3.84. The maximum atomic E-state index is 5.57. The lowest BCUT2D eigenvalue weighted by molar-refractivity contribution is 0.0692. The summed E-state index contributed by atoms with van der Waals surface area (Å²) < 4.78 is 10.7. The minimum Gasteiger partial charge on any atom is -0.467 e. The molecule has 0 saturated heterocycles. The Morgan fingerprint density at radius 2 is 2.29 bits per heavy atom. The van der Waals surface area contributed by atoms with Crippen LogP contribution in [-0.2, 0) is 11.3 Å². The van der Waals surface area contributed by atoms with Gasteiger partial charge >= 0.3 is 0 Å². The van der Waals surface area contributed by atoms with Gasteiger partial charge in [-0.25, -0.2) is 0 Å². The summed E-state index contributed by atoms with van der Waals surface area (Å²) >= 11 is 3.49. The molecule has 0 saturated carbocycles. The lowest BCUT2D eigenvalue weighted by atomic mass is 9.99. The van der Waals surface area contributed by atoms with Gasteiger partial charge in [-0.2, -0.15) is 0 Å². The van der Waals surface area contributed by atoms with Crippen LogP contribution in [0.25, 0.3) is 0 Å². The van der Waals surface area contributed by atoms with E-state index in [0.29, 0.717) is 18.4 Å². The quantitative estimate of drug-likeness (QED) is 0.731. The highest BCUT2D eigenvalue weighted by Gasteiger charge is 2.11. The minimum atomic E-state index is 0.573. The summed E-state index contributed by atoms with van der Waals surface area (Å²) in [6.45, 7) is 5.77. The number of hydrogen-bond donors (Lipinski definition) is 0. The molecule has 3 heteroatoms. The number of rotatable bonds is 6. The van der Waals surface area contributed by atoms with E-state index < -0.39 is 0 Å². The average Bonchev–Trinajstić information content (AvgIpc) is 2.64. The Labute approximate surface area is 93.8 Å². The largest absolute Gasteiger partial charge is 0.467 e. The first kappa shape index (κ1) is 11.8. The Morgan fingerprint density at radius 3 is 2.79 bits per heavy atom. The fourth-order valence-electron chi connectivity index (χ4n) is 1.12. The van der Waals surface area contributed by atoms with E-state index in [0.717, 1.165) is 17.7 Å². The van der Waals surface area contributed by atoms with Crippen LogP contribution in [0.3, 0.4) is 0 Å². The first-order valence-corrected chi connectivity index (χ1v) is 6.02. The standard InChI is InChI=1S/C11H17BrO2/c1-9(2)10(6-12)7-13-8-11-4-3-5-14-11/h3-5,9-10H,6-8H2,1-2H3. The maximum Gasteiger partial charge on any atom is 0.129 e. The van der Waals surface area contributed by atoms with Gasteiger partial charge in [0, 0.05) is 5.33 Å². The Hall–Kier alpha value is -0.280. The van der Waals surface area contributed by atoms with E-state index in [1.54, 1.807) is 6.26 Å². The van der Waals surface area contributed by atoms with Crippen LogP contribution in [0.2, 0.25) is 0 Å². The zero-order valence-electron chi connectivity index (χ0n) is 8.70. The van der Waals surface area contributed by atoms with Crippen LogP contribution in [-0.4, -0.2) is 11.9 Å². The van der Waals surface area contributed by atoms with Crippen molar-refractivity contribution in [2.45, 2.75) is 20.5 Å². The van der Waals surface area contributed by atoms with Gasteiger partial charge in [0.2, 0.25) is 0 Å². The molecule has 1 unspecified atom stereocenters. The van der Waals surface area contributed by atoms with Gasteiger partial charge in [-0.15, -0.1) is 0 Å². The molecule has 0 fully saturated rings. The van der Waals surface area contributed by atoms with Gasteiger partial charge < -0.3 is 9.15 Å². The van der Waals surface area contributed by atoms with Gasteiger partial charge in [-0.3, -0.25) is 0 Å². The van der Waals surface area contributed by atoms with Crippen LogP contribution < -0.4 is 0 Å². The number of alkyl halides is 1. The molecule has 0 aliphatic carbocycles. The Bertz CT molecular complexity index is 231. The Balaban J connectivity index is 2.20. The fourth-order valence-corrected chi connectivity index (χ4v) is 2.06. The molecule has 2 nitrogen and oxygen atoms in total. The van der Waals surface area contributed by atoms with Crippen molar-refractivity contribution in [3.63, 3.8) is 0 Å². The molecule has 0 amide bonds. The molecule has 14 heavy (non-hydrogen) atoms. The van der Waals surface area contributed by atoms with E-state index in [4.69, 9.17) is 9.15 Å². The lowest BCUT2D eigenvalue weighted by Gasteiger charge is -2.17. The fraction of sp³-hybridized carbons (Fsp3) is 0.636. The van der Waals surface area contributed by atoms with E-state index in [2.05, 4.69) is 29.8 Å². The summed E-state index contributed by atoms with van der Waals surface area (Å²) in [5.74, 6) is 2.11. The molecule has 1 heterocycles. The second-order valence-corrected chi connectivity index (χ2v) is 4.40. The van der Waals surface area contributed by atoms with Gasteiger partial charge in [-0.1, -0.05) is 29.8 Å². The van der Waals surface area contributed by atoms with E-state index in [1.807, 2.05) is 12.1 Å². The van der Waals surface area contributed by atoms with E-state index in [-0.39, 0.29) is 0 Å². The smallest absolute Gasteiger partial charge is 0.129 e. The third-order valence-electron chi connectivity index (χ3n) is 2.30. The summed E-state index contributed by atoms with van der Waals surface area (Å²) in [7, 11) is 0. The second kappa shape index (κ2) is 6.25. The molecule has 1 atom stereocenters. The highest BCUT2D eigenvalue weighted by atomic mass is 79.9. The van der Waals surface area contributed by atoms with Crippen LogP contribution in [0.5, 0.6) is 0 Å². The minimum absolute atomic E-state index is 0.573. The van der Waals surface area contributed by atoms with Gasteiger partial charge in [-0.05, 0) is 24.0 Å². The van der Waals surface area contributed by atoms with Crippen molar-refractivity contribution in [3.8, 4) is 0 Å². The molecule has 80 valence electrons. The van der Waals surface area contributed by atoms with Gasteiger partial charge in [0.1, 0.15) is 12.4 Å². The molecule has 0 radical (unpaired) electrons. The third-order valence-corrected chi connectivity index (χ3v) is 3.13. The molecule has 1 aromatic rings. The number of halogens is 1. The summed E-state index contributed by atoms with van der Waals surface area (Å²) in [5, 5.41) is 0.989. The molecule has 0 aliphatic heterocycles. The number of furan rings is 1. The van der Waals surface area contributed by atoms with Crippen LogP contribution in [0.4, 0.5) is 0 Å². The molecular formula is C11H17BrO2. The molecule has 1 aromatic heterocycles. The van der Waals surface area contributed by atoms with Gasteiger partial charge in [0.05, 0.1) is 12.9 Å². The maximum absolute atomic E-state index is 5.57. The molecule has 0 N–H and O–H groups in total. The number of ether oxygens (including phenoxy) is 1. The summed E-state index contributed by atoms with van der Waals surface area (Å²) in [6, 6.07) is 3.81. The summed E-state index contributed by atoms with van der Waals surface area (Å²) in [5.41, 5.74) is 0. The molecule has 0 aliphatic rings. The van der Waals surface area contributed by atoms with Crippen LogP contribution >= 0.6 is 15.9 Å². The highest BCUT2D eigenvalue weighted by molar-refractivity contribution is 9.09. The second-order valence-electron chi connectivity index (χ2n) is 3.75. The lowest BCUT2D eigenvalue weighted by Crippen LogP contribution is -2.17. The van der Waals surface area contributed by atoms with Crippen molar-refractivity contribution in [2.24, 2.45) is 11.8 Å². The first-order chi connectivity index (χ1) is 6.74. The predicted molar refractivity (Wildman–Crippen MR) is 60.5 cm³/mol. The zero-order valence-corrected chi connectivity index (χ0v) is 10.3. The van der Waals surface area contributed by atoms with E-state index in [9.17, 15) is 0 Å². The van der Waals surface area contributed by atoms with Crippen LogP contribution in [0.15, 0.2) is 22.8 Å². The Kier molecular flexibility index (Phi) is 5.26. The zero-order chi connectivity index (χ0) is 10.4. The molecular weight excluding hydrogens is 244 g/mol. The van der Waals surface area contributed by atoms with Gasteiger partial charge in [0.15, 0.2) is 0 Å². The summed E-state index contributed by atoms with van der Waals surface area (Å²) in [4.78, 5) is 0. The topological polar surface area (TPSA) is 22.4 Å². The van der Waals surface area contributed by atoms with Crippen molar-refractivity contribution in [3.05, 3.63) is 24.2 Å². The van der Waals surface area contributed by atoms with Crippen molar-refractivity contribution < 1.29 is 9.15 Å². The van der Waals surface area contributed by atoms with E-state index >= 15 is 0 Å². The Morgan fingerprint density at radius 1 is 1.50 bits per heavy atom. The highest BCUT2D eigenvalue weighted by Crippen LogP contribution is 2.14. The average molecular weight is 261 g/mol. The predicted octanol–water partition coefficient (Wildman–Crippen LogP) is 3.46. The summed E-state index contributed by atoms with van der Waals surface area (Å²) in [6.07, 6.45) is 1.67. The molecule has 0 spiro atoms. The van der Waals surface area contributed by atoms with Crippen molar-refractivity contribution in [1.82, 2.24) is 0 Å².